The van der Waals surface area contributed by atoms with Gasteiger partial charge in [0.2, 0.25) is 0 Å². The number of aryl methyl sites for hydroxylation is 1. The van der Waals surface area contributed by atoms with Crippen LogP contribution >= 0.6 is 15.9 Å². The zero-order valence-electron chi connectivity index (χ0n) is 11.7. The first-order valence-corrected chi connectivity index (χ1v) is 7.69. The van der Waals surface area contributed by atoms with E-state index in [0.29, 0.717) is 4.47 Å². The number of hydrogen-bond donors (Lipinski definition) is 1. The van der Waals surface area contributed by atoms with E-state index in [-0.39, 0.29) is 11.9 Å². The molecule has 0 amide bonds. The summed E-state index contributed by atoms with van der Waals surface area (Å²) in [4.78, 5) is 0. The summed E-state index contributed by atoms with van der Waals surface area (Å²) in [6.07, 6.45) is 1.66. The van der Waals surface area contributed by atoms with Crippen molar-refractivity contribution < 1.29 is 8.81 Å². The lowest BCUT2D eigenvalue weighted by Gasteiger charge is -2.16. The van der Waals surface area contributed by atoms with E-state index in [1.165, 1.54) is 6.07 Å². The second-order valence-electron chi connectivity index (χ2n) is 4.72. The summed E-state index contributed by atoms with van der Waals surface area (Å²) < 4.78 is 19.6. The van der Waals surface area contributed by atoms with Crippen molar-refractivity contribution in [1.82, 2.24) is 5.32 Å². The Bertz CT molecular complexity index is 567. The average Bonchev–Trinajstić information content (AvgIpc) is 2.91. The highest BCUT2D eigenvalue weighted by molar-refractivity contribution is 9.10. The smallest absolute Gasteiger partial charge is 0.137 e. The molecule has 0 saturated carbocycles. The maximum absolute atomic E-state index is 13.3. The molecule has 20 heavy (non-hydrogen) atoms. The summed E-state index contributed by atoms with van der Waals surface area (Å²) in [6, 6.07) is 9.27. The highest BCUT2D eigenvalue weighted by Gasteiger charge is 2.15. The van der Waals surface area contributed by atoms with E-state index in [1.807, 2.05) is 24.3 Å². The molecule has 1 atom stereocenters. The van der Waals surface area contributed by atoms with E-state index in [2.05, 4.69) is 35.1 Å². The number of benzene rings is 1. The molecular formula is C16H19BrFNO. The Labute approximate surface area is 127 Å². The Hall–Kier alpha value is -1.13. The molecule has 0 radical (unpaired) electrons. The summed E-state index contributed by atoms with van der Waals surface area (Å²) >= 11 is 3.23. The predicted molar refractivity (Wildman–Crippen MR) is 82.3 cm³/mol. The van der Waals surface area contributed by atoms with E-state index >= 15 is 0 Å². The van der Waals surface area contributed by atoms with Gasteiger partial charge in [-0.2, -0.15) is 0 Å². The van der Waals surface area contributed by atoms with Crippen molar-refractivity contribution in [3.8, 4) is 0 Å². The third-order valence-electron chi connectivity index (χ3n) is 3.25. The minimum Gasteiger partial charge on any atom is -0.464 e. The molecule has 0 aliphatic carbocycles. The lowest BCUT2D eigenvalue weighted by atomic mass is 10.0. The van der Waals surface area contributed by atoms with Gasteiger partial charge in [-0.1, -0.05) is 19.9 Å². The first kappa shape index (κ1) is 15.3. The summed E-state index contributed by atoms with van der Waals surface area (Å²) in [5.41, 5.74) is 1.07. The SMILES string of the molecule is CCNC(Cc1ccc(F)c(Br)c1)c1ccc(CC)o1. The standard InChI is InChI=1S/C16H19BrFNO/c1-3-12-6-8-16(20-12)15(19-4-2)10-11-5-7-14(18)13(17)9-11/h5-9,15,19H,3-4,10H2,1-2H3. The molecule has 4 heteroatoms. The molecule has 1 heterocycles. The van der Waals surface area contributed by atoms with E-state index in [4.69, 9.17) is 4.42 Å². The van der Waals surface area contributed by atoms with Crippen LogP contribution in [0.25, 0.3) is 0 Å². The molecular weight excluding hydrogens is 321 g/mol. The van der Waals surface area contributed by atoms with Crippen LogP contribution in [0.3, 0.4) is 0 Å². The van der Waals surface area contributed by atoms with Crippen molar-refractivity contribution in [1.29, 1.82) is 0 Å². The Morgan fingerprint density at radius 2 is 2.05 bits per heavy atom. The molecule has 1 aromatic carbocycles. The number of nitrogens with one attached hydrogen (secondary N) is 1. The highest BCUT2D eigenvalue weighted by Crippen LogP contribution is 2.24. The molecule has 1 N–H and O–H groups in total. The van der Waals surface area contributed by atoms with Crippen LogP contribution in [0.5, 0.6) is 0 Å². The fourth-order valence-electron chi connectivity index (χ4n) is 2.19. The maximum atomic E-state index is 13.3. The number of rotatable bonds is 6. The quantitative estimate of drug-likeness (QED) is 0.829. The molecule has 0 spiro atoms. The van der Waals surface area contributed by atoms with E-state index in [9.17, 15) is 4.39 Å². The van der Waals surface area contributed by atoms with Gasteiger partial charge in [-0.25, -0.2) is 4.39 Å². The molecule has 0 saturated heterocycles. The zero-order chi connectivity index (χ0) is 14.5. The van der Waals surface area contributed by atoms with Crippen LogP contribution in [-0.4, -0.2) is 6.54 Å². The van der Waals surface area contributed by atoms with Crippen LogP contribution in [-0.2, 0) is 12.8 Å². The zero-order valence-corrected chi connectivity index (χ0v) is 13.3. The first-order valence-electron chi connectivity index (χ1n) is 6.90. The van der Waals surface area contributed by atoms with Crippen molar-refractivity contribution in [3.63, 3.8) is 0 Å². The van der Waals surface area contributed by atoms with Crippen molar-refractivity contribution in [3.05, 3.63) is 57.7 Å². The lowest BCUT2D eigenvalue weighted by Crippen LogP contribution is -2.22. The molecule has 0 aliphatic heterocycles. The summed E-state index contributed by atoms with van der Waals surface area (Å²) in [7, 11) is 0. The molecule has 1 aromatic heterocycles. The Morgan fingerprint density at radius 1 is 1.25 bits per heavy atom. The predicted octanol–water partition coefficient (Wildman–Crippen LogP) is 4.64. The van der Waals surface area contributed by atoms with Gasteiger partial charge in [-0.3, -0.25) is 0 Å². The Balaban J connectivity index is 2.18. The Morgan fingerprint density at radius 3 is 2.65 bits per heavy atom. The molecule has 0 aliphatic rings. The molecule has 1 unspecified atom stereocenters. The second-order valence-corrected chi connectivity index (χ2v) is 5.57. The summed E-state index contributed by atoms with van der Waals surface area (Å²) in [5.74, 6) is 1.69. The highest BCUT2D eigenvalue weighted by atomic mass is 79.9. The van der Waals surface area contributed by atoms with Crippen LogP contribution in [0.1, 0.15) is 37.0 Å². The van der Waals surface area contributed by atoms with Crippen molar-refractivity contribution in [2.24, 2.45) is 0 Å². The third-order valence-corrected chi connectivity index (χ3v) is 3.86. The molecule has 2 aromatic rings. The van der Waals surface area contributed by atoms with Gasteiger partial charge in [-0.15, -0.1) is 0 Å². The van der Waals surface area contributed by atoms with Gasteiger partial charge in [0.15, 0.2) is 0 Å². The maximum Gasteiger partial charge on any atom is 0.137 e. The largest absolute Gasteiger partial charge is 0.464 e. The van der Waals surface area contributed by atoms with Gasteiger partial charge in [0.1, 0.15) is 17.3 Å². The lowest BCUT2D eigenvalue weighted by molar-refractivity contribution is 0.396. The van der Waals surface area contributed by atoms with Gasteiger partial charge < -0.3 is 9.73 Å². The number of halogens is 2. The molecule has 2 nitrogen and oxygen atoms in total. The van der Waals surface area contributed by atoms with Crippen LogP contribution in [0.15, 0.2) is 39.2 Å². The van der Waals surface area contributed by atoms with Crippen molar-refractivity contribution >= 4 is 15.9 Å². The number of furan rings is 1. The van der Waals surface area contributed by atoms with Crippen LogP contribution in [0, 0.1) is 5.82 Å². The van der Waals surface area contributed by atoms with Crippen LogP contribution in [0.2, 0.25) is 0 Å². The Kier molecular flexibility index (Phi) is 5.38. The van der Waals surface area contributed by atoms with E-state index in [0.717, 1.165) is 36.5 Å². The summed E-state index contributed by atoms with van der Waals surface area (Å²) in [5, 5.41) is 3.42. The van der Waals surface area contributed by atoms with Gasteiger partial charge in [0.05, 0.1) is 10.5 Å². The monoisotopic (exact) mass is 339 g/mol. The normalized spacial score (nSPS) is 12.6. The summed E-state index contributed by atoms with van der Waals surface area (Å²) in [6.45, 7) is 4.99. The van der Waals surface area contributed by atoms with Gasteiger partial charge >= 0.3 is 0 Å². The molecule has 2 rings (SSSR count). The van der Waals surface area contributed by atoms with Crippen molar-refractivity contribution in [2.45, 2.75) is 32.7 Å². The third kappa shape index (κ3) is 3.70. The van der Waals surface area contributed by atoms with Gasteiger partial charge in [-0.05, 0) is 58.7 Å². The minimum absolute atomic E-state index is 0.109. The van der Waals surface area contributed by atoms with Crippen molar-refractivity contribution in [2.75, 3.05) is 6.54 Å². The fraction of sp³-hybridized carbons (Fsp3) is 0.375. The minimum atomic E-state index is -0.236. The molecule has 0 bridgehead atoms. The number of hydrogen-bond acceptors (Lipinski definition) is 2. The topological polar surface area (TPSA) is 25.2 Å². The first-order chi connectivity index (χ1) is 9.63. The number of likely N-dealkylation sites (N-methyl/N-ethyl adjacent to an activating group) is 1. The molecule has 0 fully saturated rings. The fourth-order valence-corrected chi connectivity index (χ4v) is 2.62. The average molecular weight is 340 g/mol. The van der Waals surface area contributed by atoms with E-state index in [1.54, 1.807) is 0 Å². The second kappa shape index (κ2) is 7.04. The van der Waals surface area contributed by atoms with Crippen LogP contribution in [0.4, 0.5) is 4.39 Å². The molecule has 108 valence electrons. The van der Waals surface area contributed by atoms with Crippen LogP contribution < -0.4 is 5.32 Å². The van der Waals surface area contributed by atoms with Gasteiger partial charge in [0, 0.05) is 6.42 Å². The van der Waals surface area contributed by atoms with E-state index < -0.39 is 0 Å². The van der Waals surface area contributed by atoms with Gasteiger partial charge in [0.25, 0.3) is 0 Å².